The van der Waals surface area contributed by atoms with E-state index in [2.05, 4.69) is 20.9 Å². The SMILES string of the molecule is CCNC(=NCC(=O)NC1CC1)NCCCc1ccc(Cl)cc1Cl. The van der Waals surface area contributed by atoms with Crippen molar-refractivity contribution in [2.45, 2.75) is 38.6 Å². The lowest BCUT2D eigenvalue weighted by Gasteiger charge is -2.11. The largest absolute Gasteiger partial charge is 0.357 e. The number of aliphatic imine (C=N–C) groups is 1. The second-order valence-electron chi connectivity index (χ2n) is 5.80. The Labute approximate surface area is 153 Å². The molecule has 0 saturated heterocycles. The molecule has 3 N–H and O–H groups in total. The molecule has 0 unspecified atom stereocenters. The molecule has 0 bridgehead atoms. The van der Waals surface area contributed by atoms with Gasteiger partial charge in [-0.05, 0) is 50.3 Å². The quantitative estimate of drug-likeness (QED) is 0.374. The average molecular weight is 371 g/mol. The first-order chi connectivity index (χ1) is 11.6. The van der Waals surface area contributed by atoms with Gasteiger partial charge in [0.15, 0.2) is 5.96 Å². The molecule has 1 amide bonds. The third-order valence-electron chi connectivity index (χ3n) is 3.60. The molecule has 132 valence electrons. The van der Waals surface area contributed by atoms with Crippen molar-refractivity contribution in [1.82, 2.24) is 16.0 Å². The van der Waals surface area contributed by atoms with Crippen LogP contribution in [0.15, 0.2) is 23.2 Å². The van der Waals surface area contributed by atoms with Gasteiger partial charge < -0.3 is 16.0 Å². The molecule has 24 heavy (non-hydrogen) atoms. The lowest BCUT2D eigenvalue weighted by Crippen LogP contribution is -2.39. The van der Waals surface area contributed by atoms with E-state index in [9.17, 15) is 4.79 Å². The van der Waals surface area contributed by atoms with Crippen molar-refractivity contribution in [3.63, 3.8) is 0 Å². The van der Waals surface area contributed by atoms with E-state index in [-0.39, 0.29) is 12.5 Å². The van der Waals surface area contributed by atoms with Crippen LogP contribution in [0.3, 0.4) is 0 Å². The highest BCUT2D eigenvalue weighted by Crippen LogP contribution is 2.21. The standard InChI is InChI=1S/C17H24Cl2N4O/c1-2-20-17(22-11-16(24)23-14-7-8-14)21-9-3-4-12-5-6-13(18)10-15(12)19/h5-6,10,14H,2-4,7-9,11H2,1H3,(H,23,24)(H2,20,21,22). The minimum absolute atomic E-state index is 0.0253. The molecule has 0 aliphatic heterocycles. The third kappa shape index (κ3) is 6.97. The highest BCUT2D eigenvalue weighted by atomic mass is 35.5. The molecular weight excluding hydrogens is 347 g/mol. The number of carbonyl (C=O) groups is 1. The summed E-state index contributed by atoms with van der Waals surface area (Å²) in [4.78, 5) is 16.0. The number of amides is 1. The van der Waals surface area contributed by atoms with Crippen molar-refractivity contribution in [1.29, 1.82) is 0 Å². The molecule has 1 fully saturated rings. The Balaban J connectivity index is 1.72. The summed E-state index contributed by atoms with van der Waals surface area (Å²) in [6.07, 6.45) is 3.92. The molecule has 2 rings (SSSR count). The summed E-state index contributed by atoms with van der Waals surface area (Å²) in [5.41, 5.74) is 1.08. The normalized spacial score (nSPS) is 14.4. The maximum absolute atomic E-state index is 11.7. The van der Waals surface area contributed by atoms with Crippen LogP contribution in [-0.2, 0) is 11.2 Å². The topological polar surface area (TPSA) is 65.5 Å². The van der Waals surface area contributed by atoms with Crippen molar-refractivity contribution in [3.8, 4) is 0 Å². The fraction of sp³-hybridized carbons (Fsp3) is 0.529. The summed E-state index contributed by atoms with van der Waals surface area (Å²) < 4.78 is 0. The van der Waals surface area contributed by atoms with Gasteiger partial charge in [0.25, 0.3) is 0 Å². The number of hydrogen-bond acceptors (Lipinski definition) is 2. The molecule has 0 spiro atoms. The predicted molar refractivity (Wildman–Crippen MR) is 99.9 cm³/mol. The summed E-state index contributed by atoms with van der Waals surface area (Å²) in [6, 6.07) is 5.93. The van der Waals surface area contributed by atoms with Crippen molar-refractivity contribution in [2.24, 2.45) is 4.99 Å². The van der Waals surface area contributed by atoms with Crippen LogP contribution < -0.4 is 16.0 Å². The lowest BCUT2D eigenvalue weighted by atomic mass is 10.1. The summed E-state index contributed by atoms with van der Waals surface area (Å²) in [5.74, 6) is 0.633. The number of hydrogen-bond donors (Lipinski definition) is 3. The summed E-state index contributed by atoms with van der Waals surface area (Å²) in [7, 11) is 0. The monoisotopic (exact) mass is 370 g/mol. The number of nitrogens with one attached hydrogen (secondary N) is 3. The van der Waals surface area contributed by atoms with E-state index < -0.39 is 0 Å². The van der Waals surface area contributed by atoms with E-state index in [0.29, 0.717) is 22.0 Å². The molecule has 5 nitrogen and oxygen atoms in total. The molecule has 1 aromatic rings. The Morgan fingerprint density at radius 3 is 2.75 bits per heavy atom. The van der Waals surface area contributed by atoms with Gasteiger partial charge in [-0.25, -0.2) is 4.99 Å². The van der Waals surface area contributed by atoms with Crippen LogP contribution in [0.4, 0.5) is 0 Å². The Bertz CT molecular complexity index is 588. The zero-order valence-electron chi connectivity index (χ0n) is 13.9. The number of halogens is 2. The summed E-state index contributed by atoms with van der Waals surface area (Å²) >= 11 is 12.1. The lowest BCUT2D eigenvalue weighted by molar-refractivity contribution is -0.119. The molecule has 0 heterocycles. The van der Waals surface area contributed by atoms with Crippen LogP contribution in [0, 0.1) is 0 Å². The maximum Gasteiger partial charge on any atom is 0.242 e. The average Bonchev–Trinajstić information content (AvgIpc) is 3.34. The second-order valence-corrected chi connectivity index (χ2v) is 6.65. The van der Waals surface area contributed by atoms with Gasteiger partial charge in [0, 0.05) is 29.2 Å². The predicted octanol–water partition coefficient (Wildman–Crippen LogP) is 2.76. The zero-order chi connectivity index (χ0) is 17.4. The zero-order valence-corrected chi connectivity index (χ0v) is 15.4. The third-order valence-corrected chi connectivity index (χ3v) is 4.18. The van der Waals surface area contributed by atoms with E-state index in [1.54, 1.807) is 6.07 Å². The smallest absolute Gasteiger partial charge is 0.242 e. The van der Waals surface area contributed by atoms with Crippen LogP contribution in [0.25, 0.3) is 0 Å². The van der Waals surface area contributed by atoms with E-state index in [0.717, 1.165) is 44.3 Å². The van der Waals surface area contributed by atoms with Gasteiger partial charge in [-0.3, -0.25) is 4.79 Å². The molecule has 1 aliphatic carbocycles. The van der Waals surface area contributed by atoms with Gasteiger partial charge in [-0.1, -0.05) is 29.3 Å². The molecule has 0 radical (unpaired) electrons. The first-order valence-corrected chi connectivity index (χ1v) is 9.09. The Morgan fingerprint density at radius 2 is 2.08 bits per heavy atom. The summed E-state index contributed by atoms with van der Waals surface area (Å²) in [6.45, 7) is 3.64. The molecule has 1 saturated carbocycles. The van der Waals surface area contributed by atoms with Gasteiger partial charge in [-0.15, -0.1) is 0 Å². The fourth-order valence-electron chi connectivity index (χ4n) is 2.20. The maximum atomic E-state index is 11.7. The minimum atomic E-state index is -0.0253. The second kappa shape index (κ2) is 9.74. The Hall–Kier alpha value is -1.46. The van der Waals surface area contributed by atoms with E-state index in [1.807, 2.05) is 19.1 Å². The highest BCUT2D eigenvalue weighted by molar-refractivity contribution is 6.35. The van der Waals surface area contributed by atoms with Gasteiger partial charge in [0.2, 0.25) is 5.91 Å². The summed E-state index contributed by atoms with van der Waals surface area (Å²) in [5, 5.41) is 10.6. The molecule has 1 aliphatic rings. The van der Waals surface area contributed by atoms with E-state index >= 15 is 0 Å². The number of guanidine groups is 1. The number of aryl methyl sites for hydroxylation is 1. The van der Waals surface area contributed by atoms with Crippen LogP contribution in [0.2, 0.25) is 10.0 Å². The number of carbonyl (C=O) groups excluding carboxylic acids is 1. The van der Waals surface area contributed by atoms with E-state index in [4.69, 9.17) is 23.2 Å². The molecule has 0 aromatic heterocycles. The van der Waals surface area contributed by atoms with Crippen molar-refractivity contribution in [3.05, 3.63) is 33.8 Å². The molecule has 0 atom stereocenters. The van der Waals surface area contributed by atoms with Gasteiger partial charge in [0.1, 0.15) is 6.54 Å². The van der Waals surface area contributed by atoms with Gasteiger partial charge in [0.05, 0.1) is 0 Å². The molecule has 7 heteroatoms. The van der Waals surface area contributed by atoms with Crippen LogP contribution in [0.5, 0.6) is 0 Å². The minimum Gasteiger partial charge on any atom is -0.357 e. The highest BCUT2D eigenvalue weighted by Gasteiger charge is 2.22. The fourth-order valence-corrected chi connectivity index (χ4v) is 2.71. The first-order valence-electron chi connectivity index (χ1n) is 8.34. The number of nitrogens with zero attached hydrogens (tertiary/aromatic N) is 1. The molecular formula is C17H24Cl2N4O. The van der Waals surface area contributed by atoms with Crippen LogP contribution in [0.1, 0.15) is 31.7 Å². The first kappa shape index (κ1) is 18.9. The Morgan fingerprint density at radius 1 is 1.29 bits per heavy atom. The van der Waals surface area contributed by atoms with Gasteiger partial charge in [-0.2, -0.15) is 0 Å². The van der Waals surface area contributed by atoms with Crippen molar-refractivity contribution >= 4 is 35.1 Å². The molecule has 1 aromatic carbocycles. The number of rotatable bonds is 8. The van der Waals surface area contributed by atoms with E-state index in [1.165, 1.54) is 0 Å². The van der Waals surface area contributed by atoms with Crippen LogP contribution in [-0.4, -0.2) is 37.5 Å². The van der Waals surface area contributed by atoms with Crippen molar-refractivity contribution in [2.75, 3.05) is 19.6 Å². The van der Waals surface area contributed by atoms with Crippen molar-refractivity contribution < 1.29 is 4.79 Å². The number of benzene rings is 1. The van der Waals surface area contributed by atoms with Gasteiger partial charge >= 0.3 is 0 Å². The Kier molecular flexibility index (Phi) is 7.66. The van der Waals surface area contributed by atoms with Crippen LogP contribution >= 0.6 is 23.2 Å².